The van der Waals surface area contributed by atoms with Gasteiger partial charge in [0.2, 0.25) is 0 Å². The highest BCUT2D eigenvalue weighted by Gasteiger charge is 2.22. The summed E-state index contributed by atoms with van der Waals surface area (Å²) in [6.07, 6.45) is 1.87. The Morgan fingerprint density at radius 2 is 1.97 bits per heavy atom. The van der Waals surface area contributed by atoms with E-state index < -0.39 is 0 Å². The molecular weight excluding hydrogens is 378 g/mol. The van der Waals surface area contributed by atoms with E-state index in [2.05, 4.69) is 44.9 Å². The molecule has 3 aromatic heterocycles. The number of hydrogen-bond donors (Lipinski definition) is 1. The van der Waals surface area contributed by atoms with Crippen molar-refractivity contribution in [2.75, 3.05) is 31.6 Å². The van der Waals surface area contributed by atoms with Crippen LogP contribution in [-0.4, -0.2) is 62.2 Å². The summed E-state index contributed by atoms with van der Waals surface area (Å²) in [5.74, 6) is 0.467. The zero-order chi connectivity index (χ0) is 21.0. The minimum absolute atomic E-state index is 0.151. The van der Waals surface area contributed by atoms with Crippen LogP contribution >= 0.6 is 0 Å². The van der Waals surface area contributed by atoms with Crippen molar-refractivity contribution in [3.8, 4) is 11.5 Å². The normalized spacial score (nSPS) is 17.9. The van der Waals surface area contributed by atoms with Gasteiger partial charge in [0.1, 0.15) is 5.69 Å². The molecule has 1 aliphatic heterocycles. The molecule has 8 nitrogen and oxygen atoms in total. The van der Waals surface area contributed by atoms with Gasteiger partial charge in [0.15, 0.2) is 5.82 Å². The van der Waals surface area contributed by atoms with Crippen LogP contribution in [0.4, 0.5) is 5.69 Å². The molecule has 1 atom stereocenters. The molecule has 0 radical (unpaired) electrons. The molecule has 1 aromatic carbocycles. The minimum Gasteiger partial charge on any atom is -0.366 e. The highest BCUT2D eigenvalue weighted by molar-refractivity contribution is 5.83. The van der Waals surface area contributed by atoms with E-state index in [9.17, 15) is 4.79 Å². The number of piperazine rings is 1. The number of benzene rings is 1. The molecule has 1 aliphatic rings. The second-order valence-corrected chi connectivity index (χ2v) is 8.25. The Morgan fingerprint density at radius 1 is 1.13 bits per heavy atom. The number of nitrogens with zero attached hydrogens (tertiary/aromatic N) is 6. The zero-order valence-corrected chi connectivity index (χ0v) is 17.7. The van der Waals surface area contributed by atoms with Crippen molar-refractivity contribution in [2.24, 2.45) is 0 Å². The molecule has 30 heavy (non-hydrogen) atoms. The average molecular weight is 403 g/mol. The third kappa shape index (κ3) is 3.13. The molecule has 4 heterocycles. The number of anilines is 1. The summed E-state index contributed by atoms with van der Waals surface area (Å²) in [4.78, 5) is 29.7. The van der Waals surface area contributed by atoms with Gasteiger partial charge in [-0.2, -0.15) is 5.10 Å². The monoisotopic (exact) mass is 403 g/mol. The van der Waals surface area contributed by atoms with Gasteiger partial charge in [0.05, 0.1) is 34.0 Å². The summed E-state index contributed by atoms with van der Waals surface area (Å²) in [5, 5.41) is 5.19. The van der Waals surface area contributed by atoms with E-state index >= 15 is 0 Å². The first-order valence-corrected chi connectivity index (χ1v) is 10.2. The first-order chi connectivity index (χ1) is 14.4. The van der Waals surface area contributed by atoms with Crippen LogP contribution in [-0.2, 0) is 0 Å². The molecule has 0 saturated carbocycles. The SMILES string of the molecule is Cc1cn2nc(-c3nc4ccc(N5CCN(C)C[C@H]5C)cc4c(=O)[nH]3)cc2c(C)n1. The number of aromatic nitrogens is 5. The lowest BCUT2D eigenvalue weighted by molar-refractivity contribution is 0.275. The molecule has 1 saturated heterocycles. The van der Waals surface area contributed by atoms with Gasteiger partial charge in [0.25, 0.3) is 5.56 Å². The first-order valence-electron chi connectivity index (χ1n) is 10.2. The van der Waals surface area contributed by atoms with E-state index in [0.29, 0.717) is 28.5 Å². The van der Waals surface area contributed by atoms with Crippen molar-refractivity contribution in [1.29, 1.82) is 0 Å². The first kappa shape index (κ1) is 18.7. The van der Waals surface area contributed by atoms with Gasteiger partial charge in [-0.25, -0.2) is 9.50 Å². The van der Waals surface area contributed by atoms with Crippen LogP contribution in [0.25, 0.3) is 27.9 Å². The second kappa shape index (κ2) is 6.91. The minimum atomic E-state index is -0.151. The van der Waals surface area contributed by atoms with E-state index in [1.54, 1.807) is 4.52 Å². The summed E-state index contributed by atoms with van der Waals surface area (Å²) >= 11 is 0. The summed E-state index contributed by atoms with van der Waals surface area (Å²) in [7, 11) is 2.14. The molecule has 0 bridgehead atoms. The highest BCUT2D eigenvalue weighted by Crippen LogP contribution is 2.24. The maximum atomic E-state index is 12.9. The van der Waals surface area contributed by atoms with Crippen LogP contribution in [0.5, 0.6) is 0 Å². The van der Waals surface area contributed by atoms with Crippen LogP contribution in [0.3, 0.4) is 0 Å². The number of rotatable bonds is 2. The topological polar surface area (TPSA) is 82.4 Å². The quantitative estimate of drug-likeness (QED) is 0.553. The Hall–Kier alpha value is -3.26. The van der Waals surface area contributed by atoms with E-state index in [1.165, 1.54) is 0 Å². The maximum absolute atomic E-state index is 12.9. The molecular formula is C22H25N7O. The fourth-order valence-corrected chi connectivity index (χ4v) is 4.36. The van der Waals surface area contributed by atoms with Crippen molar-refractivity contribution < 1.29 is 0 Å². The van der Waals surface area contributed by atoms with Gasteiger partial charge in [0, 0.05) is 31.4 Å². The fourth-order valence-electron chi connectivity index (χ4n) is 4.36. The molecule has 154 valence electrons. The molecule has 1 N–H and O–H groups in total. The number of fused-ring (bicyclic) bond motifs is 2. The van der Waals surface area contributed by atoms with E-state index in [0.717, 1.165) is 42.2 Å². The molecule has 0 aliphatic carbocycles. The van der Waals surface area contributed by atoms with Gasteiger partial charge in [-0.15, -0.1) is 0 Å². The lowest BCUT2D eigenvalue weighted by Crippen LogP contribution is -2.50. The van der Waals surface area contributed by atoms with Crippen molar-refractivity contribution in [3.63, 3.8) is 0 Å². The predicted molar refractivity (Wildman–Crippen MR) is 118 cm³/mol. The predicted octanol–water partition coefficient (Wildman–Crippen LogP) is 2.39. The summed E-state index contributed by atoms with van der Waals surface area (Å²) in [6, 6.07) is 8.24. The van der Waals surface area contributed by atoms with Crippen LogP contribution in [0.15, 0.2) is 35.3 Å². The Balaban J connectivity index is 1.56. The van der Waals surface area contributed by atoms with E-state index in [1.807, 2.05) is 38.2 Å². The molecule has 0 amide bonds. The Kier molecular flexibility index (Phi) is 4.32. The standard InChI is InChI=1S/C22H25N7O/c1-13-11-29-20(15(3)23-13)10-19(26-29)21-24-18-6-5-16(9-17(18)22(30)25-21)28-8-7-27(4)12-14(28)2/h5-6,9-11,14H,7-8,12H2,1-4H3,(H,24,25,30)/t14-/m1/s1. The van der Waals surface area contributed by atoms with Crippen molar-refractivity contribution in [1.82, 2.24) is 29.5 Å². The summed E-state index contributed by atoms with van der Waals surface area (Å²) in [5.41, 5.74) is 4.89. The number of aryl methyl sites for hydroxylation is 2. The maximum Gasteiger partial charge on any atom is 0.259 e. The van der Waals surface area contributed by atoms with Gasteiger partial charge in [-0.1, -0.05) is 0 Å². The largest absolute Gasteiger partial charge is 0.366 e. The molecule has 4 aromatic rings. The van der Waals surface area contributed by atoms with Gasteiger partial charge in [-0.05, 0) is 52.1 Å². The average Bonchev–Trinajstić information content (AvgIpc) is 3.12. The van der Waals surface area contributed by atoms with E-state index in [4.69, 9.17) is 4.98 Å². The lowest BCUT2D eigenvalue weighted by Gasteiger charge is -2.39. The Morgan fingerprint density at radius 3 is 2.77 bits per heavy atom. The van der Waals surface area contributed by atoms with Gasteiger partial charge < -0.3 is 14.8 Å². The molecule has 1 fully saturated rings. The summed E-state index contributed by atoms with van der Waals surface area (Å²) < 4.78 is 1.79. The zero-order valence-electron chi connectivity index (χ0n) is 17.7. The van der Waals surface area contributed by atoms with Crippen molar-refractivity contribution >= 4 is 22.1 Å². The third-order valence-electron chi connectivity index (χ3n) is 5.85. The van der Waals surface area contributed by atoms with Gasteiger partial charge >= 0.3 is 0 Å². The van der Waals surface area contributed by atoms with Crippen LogP contribution < -0.4 is 10.5 Å². The van der Waals surface area contributed by atoms with Crippen LogP contribution in [0.2, 0.25) is 0 Å². The second-order valence-electron chi connectivity index (χ2n) is 8.25. The van der Waals surface area contributed by atoms with E-state index in [-0.39, 0.29) is 5.56 Å². The number of H-pyrrole nitrogens is 1. The lowest BCUT2D eigenvalue weighted by atomic mass is 10.1. The number of likely N-dealkylation sites (N-methyl/N-ethyl adjacent to an activating group) is 1. The number of hydrogen-bond acceptors (Lipinski definition) is 6. The highest BCUT2D eigenvalue weighted by atomic mass is 16.1. The number of nitrogens with one attached hydrogen (secondary N) is 1. The smallest absolute Gasteiger partial charge is 0.259 e. The van der Waals surface area contributed by atoms with Crippen LogP contribution in [0.1, 0.15) is 18.3 Å². The molecule has 0 spiro atoms. The molecule has 8 heteroatoms. The van der Waals surface area contributed by atoms with Crippen molar-refractivity contribution in [3.05, 3.63) is 52.2 Å². The third-order valence-corrected chi connectivity index (χ3v) is 5.85. The van der Waals surface area contributed by atoms with Gasteiger partial charge in [-0.3, -0.25) is 9.78 Å². The van der Waals surface area contributed by atoms with Crippen LogP contribution in [0, 0.1) is 13.8 Å². The molecule has 5 rings (SSSR count). The Labute approximate surface area is 174 Å². The Bertz CT molecular complexity index is 1320. The fraction of sp³-hybridized carbons (Fsp3) is 0.364. The molecule has 0 unspecified atom stereocenters. The number of aromatic amines is 1. The van der Waals surface area contributed by atoms with Crippen molar-refractivity contribution in [2.45, 2.75) is 26.8 Å². The summed E-state index contributed by atoms with van der Waals surface area (Å²) in [6.45, 7) is 9.06.